The minimum Gasteiger partial charge on any atom is -0.493 e. The maximum atomic E-state index is 12.6. The molecule has 1 fully saturated rings. The molecule has 3 heterocycles. The molecule has 5 rings (SSSR count). The summed E-state index contributed by atoms with van der Waals surface area (Å²) < 4.78 is 11.4. The smallest absolute Gasteiger partial charge is 0.221 e. The van der Waals surface area contributed by atoms with Gasteiger partial charge in [-0.1, -0.05) is 30.3 Å². The Morgan fingerprint density at radius 2 is 1.72 bits per heavy atom. The Morgan fingerprint density at radius 1 is 0.872 bits per heavy atom. The van der Waals surface area contributed by atoms with E-state index >= 15 is 0 Å². The molecule has 2 aliphatic heterocycles. The molecule has 0 radical (unpaired) electrons. The Hall–Kier alpha value is -3.53. The van der Waals surface area contributed by atoms with Gasteiger partial charge in [-0.05, 0) is 29.7 Å². The molecule has 1 aromatic heterocycles. The molecule has 0 atom stereocenters. The van der Waals surface area contributed by atoms with E-state index in [4.69, 9.17) is 9.47 Å². The molecule has 9 nitrogen and oxygen atoms in total. The van der Waals surface area contributed by atoms with Crippen molar-refractivity contribution in [3.05, 3.63) is 77.7 Å². The predicted octanol–water partition coefficient (Wildman–Crippen LogP) is 3.23. The lowest BCUT2D eigenvalue weighted by molar-refractivity contribution is -0.121. The van der Waals surface area contributed by atoms with Crippen LogP contribution in [0.2, 0.25) is 0 Å². The molecular formula is C30H38N6O3. The quantitative estimate of drug-likeness (QED) is 0.534. The molecule has 3 aromatic rings. The van der Waals surface area contributed by atoms with Crippen LogP contribution in [-0.4, -0.2) is 84.8 Å². The molecule has 2 aliphatic rings. The van der Waals surface area contributed by atoms with Crippen molar-refractivity contribution in [2.75, 3.05) is 64.4 Å². The summed E-state index contributed by atoms with van der Waals surface area (Å²) in [6.45, 7) is 8.02. The van der Waals surface area contributed by atoms with E-state index in [1.54, 1.807) is 6.33 Å². The van der Waals surface area contributed by atoms with E-state index in [2.05, 4.69) is 54.7 Å². The lowest BCUT2D eigenvalue weighted by Crippen LogP contribution is -2.42. The number of amides is 1. The average molecular weight is 531 g/mol. The first-order chi connectivity index (χ1) is 19.2. The monoisotopic (exact) mass is 530 g/mol. The van der Waals surface area contributed by atoms with Gasteiger partial charge >= 0.3 is 0 Å². The molecule has 0 aliphatic carbocycles. The molecule has 2 N–H and O–H groups in total. The summed E-state index contributed by atoms with van der Waals surface area (Å²) in [7, 11) is 0. The number of fused-ring (bicyclic) bond motifs is 6. The van der Waals surface area contributed by atoms with Gasteiger partial charge in [0.1, 0.15) is 17.9 Å². The van der Waals surface area contributed by atoms with Gasteiger partial charge in [-0.3, -0.25) is 14.6 Å². The van der Waals surface area contributed by atoms with Gasteiger partial charge in [0.25, 0.3) is 0 Å². The van der Waals surface area contributed by atoms with Gasteiger partial charge in [0.15, 0.2) is 0 Å². The third-order valence-electron chi connectivity index (χ3n) is 7.02. The van der Waals surface area contributed by atoms with Gasteiger partial charge in [-0.2, -0.15) is 0 Å². The van der Waals surface area contributed by atoms with Crippen LogP contribution in [-0.2, 0) is 22.5 Å². The zero-order chi connectivity index (χ0) is 26.7. The highest BCUT2D eigenvalue weighted by Gasteiger charge is 2.15. The zero-order valence-electron chi connectivity index (χ0n) is 22.5. The van der Waals surface area contributed by atoms with Crippen LogP contribution in [0.5, 0.6) is 5.75 Å². The molecule has 39 heavy (non-hydrogen) atoms. The van der Waals surface area contributed by atoms with Crippen molar-refractivity contribution in [3.8, 4) is 5.75 Å². The highest BCUT2D eigenvalue weighted by atomic mass is 16.5. The highest BCUT2D eigenvalue weighted by Crippen LogP contribution is 2.21. The largest absolute Gasteiger partial charge is 0.493 e. The third kappa shape index (κ3) is 8.74. The molecular weight excluding hydrogens is 492 g/mol. The maximum absolute atomic E-state index is 12.6. The molecule has 0 unspecified atom stereocenters. The summed E-state index contributed by atoms with van der Waals surface area (Å²) in [5.74, 6) is 1.60. The normalized spacial score (nSPS) is 18.2. The van der Waals surface area contributed by atoms with Crippen LogP contribution in [0.1, 0.15) is 29.7 Å². The van der Waals surface area contributed by atoms with Crippen LogP contribution in [0.15, 0.2) is 60.9 Å². The number of carbonyl (C=O) groups excluding carboxylic acids is 1. The van der Waals surface area contributed by atoms with Gasteiger partial charge < -0.3 is 20.1 Å². The number of morpholine rings is 1. The van der Waals surface area contributed by atoms with Crippen LogP contribution in [0.4, 0.5) is 11.5 Å². The lowest BCUT2D eigenvalue weighted by Gasteiger charge is -2.30. The number of rotatable bonds is 3. The van der Waals surface area contributed by atoms with Crippen molar-refractivity contribution >= 4 is 17.4 Å². The molecule has 206 valence electrons. The third-order valence-corrected chi connectivity index (χ3v) is 7.02. The number of nitrogens with zero attached hydrogens (tertiary/aromatic N) is 4. The number of nitrogens with one attached hydrogen (secondary N) is 2. The molecule has 6 bridgehead atoms. The number of aromatic nitrogens is 2. The van der Waals surface area contributed by atoms with E-state index < -0.39 is 0 Å². The number of hydrogen-bond donors (Lipinski definition) is 2. The summed E-state index contributed by atoms with van der Waals surface area (Å²) >= 11 is 0. The van der Waals surface area contributed by atoms with Crippen molar-refractivity contribution in [1.82, 2.24) is 25.1 Å². The average Bonchev–Trinajstić information content (AvgIpc) is 2.95. The molecule has 9 heteroatoms. The Kier molecular flexibility index (Phi) is 9.73. The van der Waals surface area contributed by atoms with E-state index in [-0.39, 0.29) is 5.91 Å². The standard InChI is InChI=1S/C30H38N6O3/c37-30-8-10-36(12-11-35-13-16-38-17-14-35)22-25-5-1-4-24(18-25)19-27-21-29(33-23-32-27)34-26-6-2-7-28(20-26)39-15-3-9-31-30/h1-2,4-7,18,20-21,23H,3,8-17,19,22H2,(H,31,37)(H,32,33,34). The zero-order valence-corrected chi connectivity index (χ0v) is 22.5. The molecule has 2 aromatic carbocycles. The maximum Gasteiger partial charge on any atom is 0.221 e. The Bertz CT molecular complexity index is 1220. The van der Waals surface area contributed by atoms with Gasteiger partial charge in [0, 0.05) is 76.5 Å². The van der Waals surface area contributed by atoms with Crippen molar-refractivity contribution in [2.45, 2.75) is 25.8 Å². The highest BCUT2D eigenvalue weighted by molar-refractivity contribution is 5.76. The van der Waals surface area contributed by atoms with Crippen LogP contribution in [0.3, 0.4) is 0 Å². The van der Waals surface area contributed by atoms with E-state index in [0.717, 1.165) is 75.3 Å². The van der Waals surface area contributed by atoms with Crippen LogP contribution in [0, 0.1) is 0 Å². The first-order valence-corrected chi connectivity index (χ1v) is 13.9. The second-order valence-corrected chi connectivity index (χ2v) is 10.1. The predicted molar refractivity (Wildman–Crippen MR) is 151 cm³/mol. The van der Waals surface area contributed by atoms with Gasteiger partial charge in [-0.25, -0.2) is 9.97 Å². The lowest BCUT2D eigenvalue weighted by atomic mass is 10.1. The fourth-order valence-electron chi connectivity index (χ4n) is 4.90. The topological polar surface area (TPSA) is 91.9 Å². The van der Waals surface area contributed by atoms with Crippen molar-refractivity contribution in [3.63, 3.8) is 0 Å². The second-order valence-electron chi connectivity index (χ2n) is 10.1. The van der Waals surface area contributed by atoms with Gasteiger partial charge in [-0.15, -0.1) is 0 Å². The summed E-state index contributed by atoms with van der Waals surface area (Å²) in [5, 5.41) is 6.42. The minimum atomic E-state index is 0.0788. The number of hydrogen-bond acceptors (Lipinski definition) is 8. The number of anilines is 2. The minimum absolute atomic E-state index is 0.0788. The van der Waals surface area contributed by atoms with E-state index in [9.17, 15) is 4.79 Å². The van der Waals surface area contributed by atoms with Gasteiger partial charge in [0.05, 0.1) is 25.5 Å². The number of carbonyl (C=O) groups is 1. The van der Waals surface area contributed by atoms with E-state index in [1.165, 1.54) is 11.1 Å². The summed E-state index contributed by atoms with van der Waals surface area (Å²) in [6.07, 6.45) is 3.53. The number of benzene rings is 2. The number of ether oxygens (including phenoxy) is 2. The second kappa shape index (κ2) is 14.0. The fraction of sp³-hybridized carbons (Fsp3) is 0.433. The molecule has 1 saturated heterocycles. The van der Waals surface area contributed by atoms with Crippen molar-refractivity contribution in [2.24, 2.45) is 0 Å². The summed E-state index contributed by atoms with van der Waals surface area (Å²) in [4.78, 5) is 26.4. The van der Waals surface area contributed by atoms with Crippen molar-refractivity contribution < 1.29 is 14.3 Å². The van der Waals surface area contributed by atoms with Crippen LogP contribution >= 0.6 is 0 Å². The SMILES string of the molecule is O=C1CCN(CCN2CCOCC2)Cc2cccc(c2)Cc2cc(ncn2)Nc2cccc(c2)OCCCN1. The van der Waals surface area contributed by atoms with E-state index in [0.29, 0.717) is 32.5 Å². The molecule has 0 spiro atoms. The first-order valence-electron chi connectivity index (χ1n) is 13.9. The van der Waals surface area contributed by atoms with Gasteiger partial charge in [0.2, 0.25) is 5.91 Å². The molecule has 0 saturated carbocycles. The summed E-state index contributed by atoms with van der Waals surface area (Å²) in [6, 6.07) is 18.5. The van der Waals surface area contributed by atoms with Crippen molar-refractivity contribution in [1.29, 1.82) is 0 Å². The summed E-state index contributed by atoms with van der Waals surface area (Å²) in [5.41, 5.74) is 4.28. The molecule has 1 amide bonds. The van der Waals surface area contributed by atoms with E-state index in [1.807, 2.05) is 30.3 Å². The van der Waals surface area contributed by atoms with Crippen LogP contribution in [0.25, 0.3) is 0 Å². The Labute approximate surface area is 230 Å². The fourth-order valence-corrected chi connectivity index (χ4v) is 4.90. The first kappa shape index (κ1) is 27.1. The van der Waals surface area contributed by atoms with Crippen LogP contribution < -0.4 is 15.4 Å². The Morgan fingerprint density at radius 3 is 2.64 bits per heavy atom. The Balaban J connectivity index is 1.32.